The number of hydrogen-bond acceptors (Lipinski definition) is 6. The van der Waals surface area contributed by atoms with Crippen molar-refractivity contribution in [3.8, 4) is 6.07 Å². The fourth-order valence-corrected chi connectivity index (χ4v) is 2.15. The zero-order valence-electron chi connectivity index (χ0n) is 10.2. The number of nitrogens with one attached hydrogen (secondary N) is 1. The second-order valence-electron chi connectivity index (χ2n) is 3.69. The second-order valence-corrected chi connectivity index (χ2v) is 4.54. The molecule has 2 aromatic rings. The first-order valence-electron chi connectivity index (χ1n) is 5.49. The molecule has 1 aromatic heterocycles. The van der Waals surface area contributed by atoms with Crippen LogP contribution in [0.3, 0.4) is 0 Å². The molecule has 0 fully saturated rings. The molecule has 0 saturated carbocycles. The highest BCUT2D eigenvalue weighted by Gasteiger charge is 2.10. The Hall–Kier alpha value is -2.39. The molecule has 0 unspecified atom stereocenters. The number of nitrogens with zero attached hydrogens (tertiary/aromatic N) is 2. The number of methoxy groups -OCH3 is 1. The lowest BCUT2D eigenvalue weighted by Gasteiger charge is -2.02. The Morgan fingerprint density at radius 2 is 2.21 bits per heavy atom. The van der Waals surface area contributed by atoms with Crippen molar-refractivity contribution in [2.75, 3.05) is 12.4 Å². The summed E-state index contributed by atoms with van der Waals surface area (Å²) in [6, 6.07) is 9.58. The molecule has 0 radical (unpaired) electrons. The first-order chi connectivity index (χ1) is 9.22. The van der Waals surface area contributed by atoms with Gasteiger partial charge < -0.3 is 10.1 Å². The van der Waals surface area contributed by atoms with E-state index in [9.17, 15) is 4.79 Å². The number of aromatic nitrogens is 1. The highest BCUT2D eigenvalue weighted by molar-refractivity contribution is 7.14. The first-order valence-corrected chi connectivity index (χ1v) is 6.37. The zero-order chi connectivity index (χ0) is 13.7. The largest absolute Gasteiger partial charge is 0.464 e. The minimum Gasteiger partial charge on any atom is -0.464 e. The van der Waals surface area contributed by atoms with Gasteiger partial charge in [0, 0.05) is 11.1 Å². The third-order valence-electron chi connectivity index (χ3n) is 2.39. The number of carbonyl (C=O) groups excluding carboxylic acids is 1. The van der Waals surface area contributed by atoms with Gasteiger partial charge in [0.05, 0.1) is 19.6 Å². The summed E-state index contributed by atoms with van der Waals surface area (Å²) in [4.78, 5) is 15.4. The maximum atomic E-state index is 11.3. The number of nitriles is 1. The number of anilines is 2. The van der Waals surface area contributed by atoms with E-state index >= 15 is 0 Å². The molecule has 96 valence electrons. The third kappa shape index (κ3) is 3.30. The molecule has 0 atom stereocenters. The van der Waals surface area contributed by atoms with Crippen molar-refractivity contribution in [1.82, 2.24) is 4.98 Å². The van der Waals surface area contributed by atoms with Crippen molar-refractivity contribution >= 4 is 28.1 Å². The highest BCUT2D eigenvalue weighted by Crippen LogP contribution is 2.21. The number of hydrogen-bond donors (Lipinski definition) is 1. The average Bonchev–Trinajstić information content (AvgIpc) is 2.89. The van der Waals surface area contributed by atoms with E-state index in [1.807, 2.05) is 24.3 Å². The minimum absolute atomic E-state index is 0.288. The minimum atomic E-state index is -0.450. The Morgan fingerprint density at radius 3 is 2.84 bits per heavy atom. The highest BCUT2D eigenvalue weighted by atomic mass is 32.1. The molecule has 0 spiro atoms. The van der Waals surface area contributed by atoms with Crippen LogP contribution in [-0.4, -0.2) is 18.1 Å². The van der Waals surface area contributed by atoms with Gasteiger partial charge in [0.2, 0.25) is 0 Å². The van der Waals surface area contributed by atoms with Gasteiger partial charge in [0.15, 0.2) is 10.8 Å². The fourth-order valence-electron chi connectivity index (χ4n) is 1.45. The summed E-state index contributed by atoms with van der Waals surface area (Å²) in [6.07, 6.45) is 0.393. The van der Waals surface area contributed by atoms with E-state index in [1.165, 1.54) is 18.4 Å². The predicted octanol–water partition coefficient (Wildman–Crippen LogP) is 2.74. The molecule has 2 rings (SSSR count). The summed E-state index contributed by atoms with van der Waals surface area (Å²) in [7, 11) is 1.32. The average molecular weight is 273 g/mol. The van der Waals surface area contributed by atoms with Crippen LogP contribution < -0.4 is 5.32 Å². The van der Waals surface area contributed by atoms with Crippen LogP contribution in [0.25, 0.3) is 0 Å². The summed E-state index contributed by atoms with van der Waals surface area (Å²) in [5, 5.41) is 13.9. The zero-order valence-corrected chi connectivity index (χ0v) is 11.0. The maximum Gasteiger partial charge on any atom is 0.357 e. The Balaban J connectivity index is 2.06. The van der Waals surface area contributed by atoms with Gasteiger partial charge in [0.25, 0.3) is 0 Å². The van der Waals surface area contributed by atoms with Crippen molar-refractivity contribution in [2.45, 2.75) is 6.42 Å². The molecular weight excluding hydrogens is 262 g/mol. The lowest BCUT2D eigenvalue weighted by Crippen LogP contribution is -2.01. The van der Waals surface area contributed by atoms with Gasteiger partial charge in [-0.2, -0.15) is 5.26 Å². The van der Waals surface area contributed by atoms with Gasteiger partial charge in [-0.25, -0.2) is 9.78 Å². The van der Waals surface area contributed by atoms with Gasteiger partial charge in [-0.15, -0.1) is 11.3 Å². The Kier molecular flexibility index (Phi) is 4.11. The molecule has 0 bridgehead atoms. The van der Waals surface area contributed by atoms with Crippen molar-refractivity contribution in [3.63, 3.8) is 0 Å². The van der Waals surface area contributed by atoms with Gasteiger partial charge in [-0.1, -0.05) is 12.1 Å². The van der Waals surface area contributed by atoms with E-state index in [2.05, 4.69) is 21.1 Å². The van der Waals surface area contributed by atoms with E-state index in [0.29, 0.717) is 11.6 Å². The number of esters is 1. The van der Waals surface area contributed by atoms with E-state index < -0.39 is 5.97 Å². The van der Waals surface area contributed by atoms with Crippen LogP contribution in [0.15, 0.2) is 29.6 Å². The molecule has 1 N–H and O–H groups in total. The molecule has 6 heteroatoms. The molecule has 0 aliphatic carbocycles. The number of carbonyl (C=O) groups is 1. The number of rotatable bonds is 4. The summed E-state index contributed by atoms with van der Waals surface area (Å²) in [5.74, 6) is -0.450. The molecule has 1 aromatic carbocycles. The third-order valence-corrected chi connectivity index (χ3v) is 3.14. The van der Waals surface area contributed by atoms with Crippen LogP contribution in [0.5, 0.6) is 0 Å². The number of benzene rings is 1. The monoisotopic (exact) mass is 273 g/mol. The molecule has 5 nitrogen and oxygen atoms in total. The summed E-state index contributed by atoms with van der Waals surface area (Å²) in [5.41, 5.74) is 2.10. The van der Waals surface area contributed by atoms with Gasteiger partial charge in [-0.3, -0.25) is 0 Å². The van der Waals surface area contributed by atoms with Crippen molar-refractivity contribution < 1.29 is 9.53 Å². The molecule has 1 heterocycles. The molecule has 0 saturated heterocycles. The van der Waals surface area contributed by atoms with Crippen molar-refractivity contribution in [2.24, 2.45) is 0 Å². The van der Waals surface area contributed by atoms with Crippen LogP contribution in [0.4, 0.5) is 10.8 Å². The maximum absolute atomic E-state index is 11.3. The van der Waals surface area contributed by atoms with Crippen LogP contribution in [0.1, 0.15) is 16.1 Å². The van der Waals surface area contributed by atoms with Crippen molar-refractivity contribution in [1.29, 1.82) is 5.26 Å². The van der Waals surface area contributed by atoms with Crippen LogP contribution in [-0.2, 0) is 11.2 Å². The van der Waals surface area contributed by atoms with Crippen molar-refractivity contribution in [3.05, 3.63) is 40.9 Å². The van der Waals surface area contributed by atoms with Gasteiger partial charge >= 0.3 is 5.97 Å². The van der Waals surface area contributed by atoms with Gasteiger partial charge in [0.1, 0.15) is 0 Å². The normalized spacial score (nSPS) is 9.68. The Labute approximate surface area is 114 Å². The summed E-state index contributed by atoms with van der Waals surface area (Å²) < 4.78 is 4.59. The molecular formula is C13H11N3O2S. The molecule has 0 aliphatic heterocycles. The van der Waals surface area contributed by atoms with Crippen LogP contribution in [0, 0.1) is 11.3 Å². The molecule has 0 aliphatic rings. The Bertz CT molecular complexity index is 614. The van der Waals surface area contributed by atoms with E-state index in [0.717, 1.165) is 11.3 Å². The van der Waals surface area contributed by atoms with Crippen LogP contribution >= 0.6 is 11.3 Å². The van der Waals surface area contributed by atoms with E-state index in [-0.39, 0.29) is 5.69 Å². The number of ether oxygens (including phenoxy) is 1. The van der Waals surface area contributed by atoms with Crippen LogP contribution in [0.2, 0.25) is 0 Å². The fraction of sp³-hybridized carbons (Fsp3) is 0.154. The second kappa shape index (κ2) is 5.98. The lowest BCUT2D eigenvalue weighted by atomic mass is 10.1. The quantitative estimate of drug-likeness (QED) is 0.867. The number of thiazole rings is 1. The first kappa shape index (κ1) is 13.1. The predicted molar refractivity (Wildman–Crippen MR) is 72.5 cm³/mol. The standard InChI is InChI=1S/C13H11N3O2S/c1-18-12(17)11-8-19-13(16-11)15-10-4-2-9(3-5-10)6-7-14/h2-5,8H,6H2,1H3,(H,15,16). The summed E-state index contributed by atoms with van der Waals surface area (Å²) in [6.45, 7) is 0. The molecule has 19 heavy (non-hydrogen) atoms. The summed E-state index contributed by atoms with van der Waals surface area (Å²) >= 11 is 1.33. The lowest BCUT2D eigenvalue weighted by molar-refractivity contribution is 0.0595. The SMILES string of the molecule is COC(=O)c1csc(Nc2ccc(CC#N)cc2)n1. The topological polar surface area (TPSA) is 75.0 Å². The van der Waals surface area contributed by atoms with E-state index in [1.54, 1.807) is 5.38 Å². The van der Waals surface area contributed by atoms with Gasteiger partial charge in [-0.05, 0) is 17.7 Å². The Morgan fingerprint density at radius 1 is 1.47 bits per heavy atom. The smallest absolute Gasteiger partial charge is 0.357 e. The van der Waals surface area contributed by atoms with E-state index in [4.69, 9.17) is 5.26 Å². The molecule has 0 amide bonds.